The maximum Gasteiger partial charge on any atom is 0.390 e. The number of hydrogen-bond donors (Lipinski definition) is 1. The Balaban J connectivity index is 2.01. The molecule has 142 valence electrons. The van der Waals surface area contributed by atoms with Crippen molar-refractivity contribution >= 4 is 27.3 Å². The van der Waals surface area contributed by atoms with Gasteiger partial charge in [-0.05, 0) is 35.7 Å². The van der Waals surface area contributed by atoms with Crippen molar-refractivity contribution in [2.45, 2.75) is 24.0 Å². The van der Waals surface area contributed by atoms with Crippen molar-refractivity contribution in [3.63, 3.8) is 0 Å². The third kappa shape index (κ3) is 5.82. The number of halogens is 3. The summed E-state index contributed by atoms with van der Waals surface area (Å²) in [4.78, 5) is 13.9. The number of nitrogens with zero attached hydrogens (tertiary/aromatic N) is 1. The van der Waals surface area contributed by atoms with Gasteiger partial charge in [0.1, 0.15) is 0 Å². The minimum atomic E-state index is -4.35. The van der Waals surface area contributed by atoms with Gasteiger partial charge < -0.3 is 4.90 Å². The van der Waals surface area contributed by atoms with Gasteiger partial charge in [-0.3, -0.25) is 4.79 Å². The first-order valence-corrected chi connectivity index (χ1v) is 9.89. The summed E-state index contributed by atoms with van der Waals surface area (Å²) in [7, 11) is -2.48. The first-order valence-electron chi connectivity index (χ1n) is 7.53. The molecule has 1 aromatic heterocycles. The molecule has 0 saturated carbocycles. The van der Waals surface area contributed by atoms with Crippen molar-refractivity contribution in [2.75, 3.05) is 13.6 Å². The fourth-order valence-corrected chi connectivity index (χ4v) is 3.80. The fraction of sp³-hybridized carbons (Fsp3) is 0.312. The van der Waals surface area contributed by atoms with Crippen LogP contribution in [0.1, 0.15) is 21.7 Å². The summed E-state index contributed by atoms with van der Waals surface area (Å²) in [6, 6.07) is 8.68. The largest absolute Gasteiger partial charge is 0.390 e. The molecule has 5 nitrogen and oxygen atoms in total. The number of carbonyl (C=O) groups is 1. The SMILES string of the molecule is CN(CCC(F)(F)F)C(=O)c1ccc(S(=O)(=O)NCc2cccs2)cc1. The Hall–Kier alpha value is -1.91. The van der Waals surface area contributed by atoms with Crippen molar-refractivity contribution in [1.29, 1.82) is 0 Å². The highest BCUT2D eigenvalue weighted by Crippen LogP contribution is 2.20. The molecule has 0 fully saturated rings. The van der Waals surface area contributed by atoms with Crippen LogP contribution < -0.4 is 4.72 Å². The number of amides is 1. The Bertz CT molecular complexity index is 833. The van der Waals surface area contributed by atoms with Crippen LogP contribution in [0, 0.1) is 0 Å². The Morgan fingerprint density at radius 1 is 1.19 bits per heavy atom. The van der Waals surface area contributed by atoms with E-state index in [4.69, 9.17) is 0 Å². The zero-order valence-corrected chi connectivity index (χ0v) is 15.4. The third-order valence-electron chi connectivity index (χ3n) is 3.51. The summed E-state index contributed by atoms with van der Waals surface area (Å²) in [6.45, 7) is -0.314. The van der Waals surface area contributed by atoms with E-state index in [9.17, 15) is 26.4 Å². The lowest BCUT2D eigenvalue weighted by Crippen LogP contribution is -2.30. The third-order valence-corrected chi connectivity index (χ3v) is 5.80. The van der Waals surface area contributed by atoms with Crippen molar-refractivity contribution in [1.82, 2.24) is 9.62 Å². The first kappa shape index (κ1) is 20.4. The molecule has 10 heteroatoms. The quantitative estimate of drug-likeness (QED) is 0.768. The van der Waals surface area contributed by atoms with Gasteiger partial charge in [0.25, 0.3) is 5.91 Å². The standard InChI is InChI=1S/C16H17F3N2O3S2/c1-21(9-8-16(17,18)19)15(22)12-4-6-14(7-5-12)26(23,24)20-11-13-3-2-10-25-13/h2-7,10,20H,8-9,11H2,1H3. The van der Waals surface area contributed by atoms with Crippen molar-refractivity contribution < 1.29 is 26.4 Å². The highest BCUT2D eigenvalue weighted by molar-refractivity contribution is 7.89. The minimum Gasteiger partial charge on any atom is -0.341 e. The molecule has 1 aromatic carbocycles. The van der Waals surface area contributed by atoms with Crippen LogP contribution >= 0.6 is 11.3 Å². The van der Waals surface area contributed by atoms with Gasteiger partial charge in [0.05, 0.1) is 11.3 Å². The average molecular weight is 406 g/mol. The second-order valence-electron chi connectivity index (χ2n) is 5.52. The van der Waals surface area contributed by atoms with E-state index in [1.807, 2.05) is 11.4 Å². The van der Waals surface area contributed by atoms with Gasteiger partial charge in [0.15, 0.2) is 0 Å². The molecule has 0 saturated heterocycles. The first-order chi connectivity index (χ1) is 12.1. The minimum absolute atomic E-state index is 0.0245. The van der Waals surface area contributed by atoms with Crippen LogP contribution in [0.15, 0.2) is 46.7 Å². The topological polar surface area (TPSA) is 66.5 Å². The lowest BCUT2D eigenvalue weighted by molar-refractivity contribution is -0.136. The number of alkyl halides is 3. The fourth-order valence-electron chi connectivity index (χ4n) is 2.06. The molecule has 0 atom stereocenters. The van der Waals surface area contributed by atoms with Crippen LogP contribution in [-0.4, -0.2) is 39.0 Å². The Labute approximate surface area is 153 Å². The molecule has 26 heavy (non-hydrogen) atoms. The van der Waals surface area contributed by atoms with Crippen LogP contribution in [0.4, 0.5) is 13.2 Å². The number of sulfonamides is 1. The highest BCUT2D eigenvalue weighted by atomic mass is 32.2. The molecule has 2 aromatic rings. The molecule has 0 aliphatic heterocycles. The molecule has 0 unspecified atom stereocenters. The molecule has 0 aliphatic rings. The molecule has 2 rings (SSSR count). The molecular weight excluding hydrogens is 389 g/mol. The maximum absolute atomic E-state index is 12.2. The Kier molecular flexibility index (Phi) is 6.43. The van der Waals surface area contributed by atoms with Crippen molar-refractivity contribution in [3.05, 3.63) is 52.2 Å². The predicted molar refractivity (Wildman–Crippen MR) is 92.4 cm³/mol. The molecule has 0 aliphatic carbocycles. The van der Waals surface area contributed by atoms with E-state index in [1.54, 1.807) is 6.07 Å². The van der Waals surface area contributed by atoms with E-state index in [-0.39, 0.29) is 17.0 Å². The summed E-state index contributed by atoms with van der Waals surface area (Å²) in [6.07, 6.45) is -5.45. The summed E-state index contributed by atoms with van der Waals surface area (Å²) >= 11 is 1.42. The predicted octanol–water partition coefficient (Wildman–Crippen LogP) is 3.25. The van der Waals surface area contributed by atoms with Crippen LogP contribution in [0.5, 0.6) is 0 Å². The number of hydrogen-bond acceptors (Lipinski definition) is 4. The van der Waals surface area contributed by atoms with E-state index < -0.39 is 35.1 Å². The van der Waals surface area contributed by atoms with Crippen LogP contribution in [0.2, 0.25) is 0 Å². The lowest BCUT2D eigenvalue weighted by atomic mass is 10.2. The monoisotopic (exact) mass is 406 g/mol. The van der Waals surface area contributed by atoms with Gasteiger partial charge in [-0.15, -0.1) is 11.3 Å². The maximum atomic E-state index is 12.2. The highest BCUT2D eigenvalue weighted by Gasteiger charge is 2.28. The number of nitrogens with one attached hydrogen (secondary N) is 1. The molecule has 0 spiro atoms. The van der Waals surface area contributed by atoms with Gasteiger partial charge in [0.2, 0.25) is 10.0 Å². The molecule has 0 bridgehead atoms. The van der Waals surface area contributed by atoms with E-state index in [1.165, 1.54) is 42.6 Å². The van der Waals surface area contributed by atoms with Crippen LogP contribution in [0.3, 0.4) is 0 Å². The number of thiophene rings is 1. The second kappa shape index (κ2) is 8.19. The van der Waals surface area contributed by atoms with E-state index in [0.29, 0.717) is 0 Å². The number of carbonyl (C=O) groups excluding carboxylic acids is 1. The molecular formula is C16H17F3N2O3S2. The van der Waals surface area contributed by atoms with E-state index in [2.05, 4.69) is 4.72 Å². The molecule has 1 heterocycles. The van der Waals surface area contributed by atoms with Crippen molar-refractivity contribution in [2.24, 2.45) is 0 Å². The molecule has 0 radical (unpaired) electrons. The number of rotatable bonds is 7. The van der Waals surface area contributed by atoms with E-state index >= 15 is 0 Å². The van der Waals surface area contributed by atoms with E-state index in [0.717, 1.165) is 9.78 Å². The van der Waals surface area contributed by atoms with Crippen LogP contribution in [0.25, 0.3) is 0 Å². The van der Waals surface area contributed by atoms with Gasteiger partial charge in [0, 0.05) is 30.6 Å². The summed E-state index contributed by atoms with van der Waals surface area (Å²) in [5, 5.41) is 1.83. The number of benzene rings is 1. The lowest BCUT2D eigenvalue weighted by Gasteiger charge is -2.18. The van der Waals surface area contributed by atoms with Gasteiger partial charge in [-0.2, -0.15) is 13.2 Å². The Morgan fingerprint density at radius 2 is 1.85 bits per heavy atom. The zero-order valence-electron chi connectivity index (χ0n) is 13.8. The average Bonchev–Trinajstić information content (AvgIpc) is 3.10. The normalized spacial score (nSPS) is 12.2. The van der Waals surface area contributed by atoms with Gasteiger partial charge in [-0.25, -0.2) is 13.1 Å². The van der Waals surface area contributed by atoms with Crippen molar-refractivity contribution in [3.8, 4) is 0 Å². The summed E-state index contributed by atoms with van der Waals surface area (Å²) < 4.78 is 63.6. The second-order valence-corrected chi connectivity index (χ2v) is 8.32. The van der Waals surface area contributed by atoms with Gasteiger partial charge >= 0.3 is 6.18 Å². The molecule has 1 amide bonds. The molecule has 1 N–H and O–H groups in total. The summed E-state index contributed by atoms with van der Waals surface area (Å²) in [5.41, 5.74) is 0.117. The Morgan fingerprint density at radius 3 is 2.38 bits per heavy atom. The van der Waals surface area contributed by atoms with Crippen LogP contribution in [-0.2, 0) is 16.6 Å². The van der Waals surface area contributed by atoms with Gasteiger partial charge in [-0.1, -0.05) is 6.07 Å². The smallest absolute Gasteiger partial charge is 0.341 e. The summed E-state index contributed by atoms with van der Waals surface area (Å²) in [5.74, 6) is -0.607. The zero-order chi connectivity index (χ0) is 19.4.